The second-order valence-electron chi connectivity index (χ2n) is 11.2. The minimum Gasteiger partial charge on any atom is -0.508 e. The predicted octanol–water partition coefficient (Wildman–Crippen LogP) is 2.52. The molecular formula is C33H36N6O9. The second-order valence-corrected chi connectivity index (χ2v) is 11.2. The van der Waals surface area contributed by atoms with Crippen molar-refractivity contribution in [1.29, 1.82) is 0 Å². The van der Waals surface area contributed by atoms with Gasteiger partial charge in [-0.2, -0.15) is 0 Å². The number of phenols is 1. The Bertz CT molecular complexity index is 1620. The molecule has 3 aromatic carbocycles. The number of benzene rings is 3. The van der Waals surface area contributed by atoms with Crippen LogP contribution in [0.25, 0.3) is 0 Å². The van der Waals surface area contributed by atoms with Gasteiger partial charge in [0.05, 0.1) is 4.92 Å². The SMILES string of the molecule is NC(=O)CC[C@H](NC(=O)[C@@H]1CCCN1C(=O)[C@H](Cc1ccc(O)cc1)NC(=O)OCc1ccccc1)C(=O)Nc1ccc([N+](=O)[O-])cc1. The van der Waals surface area contributed by atoms with Crippen molar-refractivity contribution in [2.24, 2.45) is 5.73 Å². The highest BCUT2D eigenvalue weighted by molar-refractivity contribution is 5.99. The number of carbonyl (C=O) groups is 5. The Balaban J connectivity index is 1.47. The molecule has 3 aromatic rings. The zero-order valence-electron chi connectivity index (χ0n) is 25.9. The molecule has 0 spiro atoms. The number of alkyl carbamates (subject to hydrolysis) is 1. The Morgan fingerprint density at radius 2 is 1.62 bits per heavy atom. The number of nitrogens with two attached hydrogens (primary N) is 1. The van der Waals surface area contributed by atoms with Crippen LogP contribution in [0.4, 0.5) is 16.2 Å². The molecule has 5 amide bonds. The Hall–Kier alpha value is -5.99. The number of hydrogen-bond donors (Lipinski definition) is 5. The van der Waals surface area contributed by atoms with Gasteiger partial charge >= 0.3 is 6.09 Å². The van der Waals surface area contributed by atoms with Crippen LogP contribution >= 0.6 is 0 Å². The highest BCUT2D eigenvalue weighted by Gasteiger charge is 2.39. The number of primary amides is 1. The zero-order chi connectivity index (χ0) is 34.6. The molecule has 0 aromatic heterocycles. The normalized spacial score (nSPS) is 15.1. The smallest absolute Gasteiger partial charge is 0.408 e. The molecule has 252 valence electrons. The van der Waals surface area contributed by atoms with Crippen LogP contribution in [0.15, 0.2) is 78.9 Å². The van der Waals surface area contributed by atoms with E-state index in [1.54, 1.807) is 36.4 Å². The van der Waals surface area contributed by atoms with E-state index in [1.807, 2.05) is 6.07 Å². The van der Waals surface area contributed by atoms with Crippen molar-refractivity contribution >= 4 is 41.1 Å². The molecule has 1 aliphatic heterocycles. The molecule has 0 saturated carbocycles. The molecule has 6 N–H and O–H groups in total. The van der Waals surface area contributed by atoms with Crippen LogP contribution < -0.4 is 21.7 Å². The third-order valence-corrected chi connectivity index (χ3v) is 7.68. The van der Waals surface area contributed by atoms with Gasteiger partial charge in [-0.25, -0.2) is 4.79 Å². The van der Waals surface area contributed by atoms with Crippen molar-refractivity contribution in [2.45, 2.75) is 56.8 Å². The molecule has 0 bridgehead atoms. The number of nitro benzene ring substituents is 1. The van der Waals surface area contributed by atoms with Crippen molar-refractivity contribution in [1.82, 2.24) is 15.5 Å². The third kappa shape index (κ3) is 10.0. The highest BCUT2D eigenvalue weighted by Crippen LogP contribution is 2.22. The number of anilines is 1. The van der Waals surface area contributed by atoms with E-state index in [2.05, 4.69) is 16.0 Å². The number of likely N-dealkylation sites (tertiary alicyclic amines) is 1. The van der Waals surface area contributed by atoms with Gasteiger partial charge in [-0.15, -0.1) is 0 Å². The maximum absolute atomic E-state index is 13.9. The number of nitrogens with zero attached hydrogens (tertiary/aromatic N) is 2. The Kier molecular flexibility index (Phi) is 12.0. The first-order chi connectivity index (χ1) is 23.0. The number of amides is 5. The molecular weight excluding hydrogens is 624 g/mol. The Labute approximate surface area is 275 Å². The average Bonchev–Trinajstić information content (AvgIpc) is 3.57. The van der Waals surface area contributed by atoms with Gasteiger partial charge in [0, 0.05) is 37.2 Å². The van der Waals surface area contributed by atoms with E-state index >= 15 is 0 Å². The maximum Gasteiger partial charge on any atom is 0.408 e. The lowest BCUT2D eigenvalue weighted by Gasteiger charge is -2.29. The highest BCUT2D eigenvalue weighted by atomic mass is 16.6. The van der Waals surface area contributed by atoms with Crippen LogP contribution in [0.5, 0.6) is 5.75 Å². The van der Waals surface area contributed by atoms with Crippen LogP contribution in [0.1, 0.15) is 36.8 Å². The van der Waals surface area contributed by atoms with Gasteiger partial charge in [-0.1, -0.05) is 42.5 Å². The molecule has 48 heavy (non-hydrogen) atoms. The van der Waals surface area contributed by atoms with Gasteiger partial charge < -0.3 is 36.4 Å². The standard InChI is InChI=1S/C33H36N6O9/c34-29(41)17-16-26(30(42)35-23-10-12-24(13-11-23)39(46)47)36-31(43)28-7-4-18-38(28)32(44)27(19-21-8-14-25(40)15-9-21)37-33(45)48-20-22-5-2-1-3-6-22/h1-3,5-6,8-15,26-28,40H,4,7,16-20H2,(H2,34,41)(H,35,42)(H,36,43)(H,37,45)/t26-,27-,28-/m0/s1. The molecule has 1 aliphatic rings. The number of aromatic hydroxyl groups is 1. The summed E-state index contributed by atoms with van der Waals surface area (Å²) in [6.07, 6.45) is -0.438. The van der Waals surface area contributed by atoms with Gasteiger partial charge in [-0.05, 0) is 54.7 Å². The molecule has 0 unspecified atom stereocenters. The van der Waals surface area contributed by atoms with Gasteiger partial charge in [-0.3, -0.25) is 29.3 Å². The minimum atomic E-state index is -1.23. The van der Waals surface area contributed by atoms with Crippen molar-refractivity contribution in [3.63, 3.8) is 0 Å². The fourth-order valence-corrected chi connectivity index (χ4v) is 5.20. The van der Waals surface area contributed by atoms with Crippen molar-refractivity contribution in [3.8, 4) is 5.75 Å². The predicted molar refractivity (Wildman–Crippen MR) is 172 cm³/mol. The number of non-ortho nitro benzene ring substituents is 1. The first-order valence-electron chi connectivity index (χ1n) is 15.2. The molecule has 15 nitrogen and oxygen atoms in total. The molecule has 0 radical (unpaired) electrons. The van der Waals surface area contributed by atoms with E-state index in [0.29, 0.717) is 12.0 Å². The zero-order valence-corrected chi connectivity index (χ0v) is 25.9. The van der Waals surface area contributed by atoms with Crippen LogP contribution in [-0.2, 0) is 36.9 Å². The van der Waals surface area contributed by atoms with Crippen molar-refractivity contribution < 1.29 is 38.7 Å². The average molecular weight is 661 g/mol. The first-order valence-corrected chi connectivity index (χ1v) is 15.2. The summed E-state index contributed by atoms with van der Waals surface area (Å²) in [6.45, 7) is 0.168. The van der Waals surface area contributed by atoms with Gasteiger partial charge in [0.1, 0.15) is 30.5 Å². The molecule has 4 rings (SSSR count). The molecule has 3 atom stereocenters. The van der Waals surface area contributed by atoms with E-state index in [9.17, 15) is 39.2 Å². The monoisotopic (exact) mass is 660 g/mol. The van der Waals surface area contributed by atoms with E-state index in [0.717, 1.165) is 5.56 Å². The van der Waals surface area contributed by atoms with Gasteiger partial charge in [0.15, 0.2) is 0 Å². The number of nitrogens with one attached hydrogen (secondary N) is 3. The summed E-state index contributed by atoms with van der Waals surface area (Å²) in [4.78, 5) is 76.7. The van der Waals surface area contributed by atoms with Gasteiger partial charge in [0.2, 0.25) is 23.6 Å². The van der Waals surface area contributed by atoms with Crippen molar-refractivity contribution in [3.05, 3.63) is 100 Å². The summed E-state index contributed by atoms with van der Waals surface area (Å²) in [6, 6.07) is 16.8. The fourth-order valence-electron chi connectivity index (χ4n) is 5.20. The van der Waals surface area contributed by atoms with Crippen LogP contribution in [0.3, 0.4) is 0 Å². The first kappa shape index (κ1) is 34.9. The lowest BCUT2D eigenvalue weighted by atomic mass is 10.0. The Morgan fingerprint density at radius 3 is 2.27 bits per heavy atom. The molecule has 1 saturated heterocycles. The lowest BCUT2D eigenvalue weighted by molar-refractivity contribution is -0.384. The number of rotatable bonds is 14. The number of carbonyl (C=O) groups excluding carboxylic acids is 5. The van der Waals surface area contributed by atoms with Crippen LogP contribution in [0, 0.1) is 10.1 Å². The lowest BCUT2D eigenvalue weighted by Crippen LogP contribution is -2.56. The second kappa shape index (κ2) is 16.5. The number of ether oxygens (including phenoxy) is 1. The topological polar surface area (TPSA) is 223 Å². The summed E-state index contributed by atoms with van der Waals surface area (Å²) in [5.41, 5.74) is 6.71. The summed E-state index contributed by atoms with van der Waals surface area (Å²) in [7, 11) is 0. The van der Waals surface area contributed by atoms with Crippen molar-refractivity contribution in [2.75, 3.05) is 11.9 Å². The molecule has 0 aliphatic carbocycles. The maximum atomic E-state index is 13.9. The number of nitro groups is 1. The van der Waals surface area contributed by atoms with E-state index in [-0.39, 0.29) is 56.0 Å². The van der Waals surface area contributed by atoms with Crippen LogP contribution in [-0.4, -0.2) is 69.3 Å². The minimum absolute atomic E-state index is 0.0247. The largest absolute Gasteiger partial charge is 0.508 e. The molecule has 1 fully saturated rings. The summed E-state index contributed by atoms with van der Waals surface area (Å²) in [5, 5.41) is 28.5. The summed E-state index contributed by atoms with van der Waals surface area (Å²) in [5.74, 6) is -2.57. The molecule has 15 heteroatoms. The summed E-state index contributed by atoms with van der Waals surface area (Å²) >= 11 is 0. The number of phenolic OH excluding ortho intramolecular Hbond substituents is 1. The van der Waals surface area contributed by atoms with E-state index in [4.69, 9.17) is 10.5 Å². The quantitative estimate of drug-likeness (QED) is 0.126. The van der Waals surface area contributed by atoms with Crippen LogP contribution in [0.2, 0.25) is 0 Å². The Morgan fingerprint density at radius 1 is 0.938 bits per heavy atom. The fraction of sp³-hybridized carbons (Fsp3) is 0.303. The van der Waals surface area contributed by atoms with E-state index < -0.39 is 52.8 Å². The third-order valence-electron chi connectivity index (χ3n) is 7.68. The number of hydrogen-bond acceptors (Lipinski definition) is 9. The molecule has 1 heterocycles. The summed E-state index contributed by atoms with van der Waals surface area (Å²) < 4.78 is 5.34. The van der Waals surface area contributed by atoms with E-state index in [1.165, 1.54) is 41.3 Å². The van der Waals surface area contributed by atoms with Gasteiger partial charge in [0.25, 0.3) is 5.69 Å².